The van der Waals surface area contributed by atoms with Gasteiger partial charge in [0.05, 0.1) is 26.4 Å². The number of hydrogen-bond acceptors (Lipinski definition) is 12. The quantitative estimate of drug-likeness (QED) is 0.327. The van der Waals surface area contributed by atoms with E-state index in [9.17, 15) is 26.0 Å². The van der Waals surface area contributed by atoms with Crippen LogP contribution in [-0.2, 0) is 55.8 Å². The standard InChI is InChI=1S/C11H22O12P2S2/c1-3-18-24(12,22-10-5-20-26(14,15)7-10)9-25(13,19-4-2)23-11-6-21-27(16,17)8-11/h10-11H,3-9H2,1-2H3. The molecule has 0 aromatic carbocycles. The van der Waals surface area contributed by atoms with Gasteiger partial charge in [0.25, 0.3) is 20.2 Å². The van der Waals surface area contributed by atoms with Crippen LogP contribution < -0.4 is 0 Å². The summed E-state index contributed by atoms with van der Waals surface area (Å²) in [6.07, 6.45) is -2.14. The minimum atomic E-state index is -4.11. The highest BCUT2D eigenvalue weighted by atomic mass is 32.2. The smallest absolute Gasteiger partial charge is 0.308 e. The number of rotatable bonds is 10. The monoisotopic (exact) mass is 472 g/mol. The Morgan fingerprint density at radius 2 is 1.19 bits per heavy atom. The number of hydrogen-bond donors (Lipinski definition) is 0. The molecule has 0 aromatic heterocycles. The molecule has 2 aliphatic heterocycles. The summed E-state index contributed by atoms with van der Waals surface area (Å²) in [4.78, 5) is 0. The van der Waals surface area contributed by atoms with Crippen molar-refractivity contribution >= 4 is 35.4 Å². The van der Waals surface area contributed by atoms with Crippen LogP contribution in [0.2, 0.25) is 0 Å². The highest BCUT2D eigenvalue weighted by Gasteiger charge is 2.45. The van der Waals surface area contributed by atoms with E-state index in [1.54, 1.807) is 0 Å². The SMILES string of the molecule is CCOP(=O)(CP(=O)(OCC)OC1COS(=O)(=O)C1)OC1COS(=O)(=O)C1. The van der Waals surface area contributed by atoms with Gasteiger partial charge in [0, 0.05) is 0 Å². The molecule has 0 saturated carbocycles. The maximum absolute atomic E-state index is 13.0. The summed E-state index contributed by atoms with van der Waals surface area (Å²) in [5.74, 6) is -1.87. The predicted molar refractivity (Wildman–Crippen MR) is 92.6 cm³/mol. The van der Waals surface area contributed by atoms with E-state index >= 15 is 0 Å². The molecule has 160 valence electrons. The lowest BCUT2D eigenvalue weighted by Crippen LogP contribution is -2.20. The highest BCUT2D eigenvalue weighted by molar-refractivity contribution is 7.87. The molecule has 16 heteroatoms. The first-order valence-electron chi connectivity index (χ1n) is 7.98. The van der Waals surface area contributed by atoms with E-state index in [2.05, 4.69) is 8.37 Å². The molecule has 0 aliphatic carbocycles. The first-order valence-corrected chi connectivity index (χ1v) is 14.6. The molecule has 0 N–H and O–H groups in total. The van der Waals surface area contributed by atoms with Crippen LogP contribution in [0.25, 0.3) is 0 Å². The van der Waals surface area contributed by atoms with Crippen molar-refractivity contribution in [2.75, 3.05) is 43.8 Å². The first kappa shape index (κ1) is 23.4. The topological polar surface area (TPSA) is 158 Å². The fourth-order valence-electron chi connectivity index (χ4n) is 2.40. The van der Waals surface area contributed by atoms with E-state index < -0.39 is 65.0 Å². The first-order chi connectivity index (χ1) is 12.4. The third-order valence-corrected chi connectivity index (χ3v) is 11.1. The molecule has 2 heterocycles. The fourth-order valence-corrected chi connectivity index (χ4v) is 9.72. The van der Waals surface area contributed by atoms with Gasteiger partial charge in [-0.15, -0.1) is 0 Å². The van der Waals surface area contributed by atoms with E-state index in [4.69, 9.17) is 18.1 Å². The normalized spacial score (nSPS) is 31.3. The van der Waals surface area contributed by atoms with Crippen LogP contribution in [0.1, 0.15) is 13.8 Å². The summed E-state index contributed by atoms with van der Waals surface area (Å²) in [5.41, 5.74) is 0. The van der Waals surface area contributed by atoms with Gasteiger partial charge in [0.1, 0.15) is 23.7 Å². The maximum atomic E-state index is 13.0. The highest BCUT2D eigenvalue weighted by Crippen LogP contribution is 2.65. The van der Waals surface area contributed by atoms with Gasteiger partial charge in [-0.1, -0.05) is 0 Å². The van der Waals surface area contributed by atoms with Crippen molar-refractivity contribution in [3.8, 4) is 0 Å². The molecule has 2 saturated heterocycles. The largest absolute Gasteiger partial charge is 0.343 e. The minimum Gasteiger partial charge on any atom is -0.308 e. The third-order valence-electron chi connectivity index (χ3n) is 3.26. The summed E-state index contributed by atoms with van der Waals surface area (Å²) < 4.78 is 101. The van der Waals surface area contributed by atoms with Gasteiger partial charge in [-0.05, 0) is 13.8 Å². The van der Waals surface area contributed by atoms with Crippen molar-refractivity contribution in [3.63, 3.8) is 0 Å². The molecule has 12 nitrogen and oxygen atoms in total. The van der Waals surface area contributed by atoms with Crippen LogP contribution in [0.15, 0.2) is 0 Å². The van der Waals surface area contributed by atoms with Gasteiger partial charge in [0.15, 0.2) is 5.90 Å². The minimum absolute atomic E-state index is 0.0787. The molecule has 4 unspecified atom stereocenters. The average molecular weight is 472 g/mol. The maximum Gasteiger partial charge on any atom is 0.343 e. The molecule has 0 amide bonds. The molecule has 0 spiro atoms. The van der Waals surface area contributed by atoms with Crippen LogP contribution in [0.5, 0.6) is 0 Å². The molecule has 0 radical (unpaired) electrons. The molecule has 4 atom stereocenters. The van der Waals surface area contributed by atoms with Crippen LogP contribution in [0, 0.1) is 0 Å². The summed E-state index contributed by atoms with van der Waals surface area (Å²) in [6.45, 7) is 2.17. The van der Waals surface area contributed by atoms with Crippen LogP contribution in [0.4, 0.5) is 0 Å². The van der Waals surface area contributed by atoms with Crippen molar-refractivity contribution in [3.05, 3.63) is 0 Å². The van der Waals surface area contributed by atoms with Gasteiger partial charge in [-0.3, -0.25) is 17.5 Å². The molecular formula is C11H22O12P2S2. The molecule has 27 heavy (non-hydrogen) atoms. The van der Waals surface area contributed by atoms with Crippen LogP contribution >= 0.6 is 15.2 Å². The van der Waals surface area contributed by atoms with E-state index in [0.29, 0.717) is 0 Å². The van der Waals surface area contributed by atoms with Crippen molar-refractivity contribution in [1.29, 1.82) is 0 Å². The second-order valence-corrected chi connectivity index (χ2v) is 13.6. The van der Waals surface area contributed by atoms with Gasteiger partial charge in [-0.25, -0.2) is 0 Å². The molecule has 2 aliphatic rings. The Hall–Kier alpha value is 0.120. The Kier molecular flexibility index (Phi) is 7.68. The second-order valence-electron chi connectivity index (χ2n) is 5.67. The van der Waals surface area contributed by atoms with Crippen molar-refractivity contribution < 1.29 is 52.4 Å². The lowest BCUT2D eigenvalue weighted by Gasteiger charge is -2.26. The predicted octanol–water partition coefficient (Wildman–Crippen LogP) is 0.893. The van der Waals surface area contributed by atoms with Gasteiger partial charge in [0.2, 0.25) is 0 Å². The molecular weight excluding hydrogens is 450 g/mol. The zero-order chi connectivity index (χ0) is 20.3. The lowest BCUT2D eigenvalue weighted by molar-refractivity contribution is 0.130. The second kappa shape index (κ2) is 8.86. The van der Waals surface area contributed by atoms with Gasteiger partial charge < -0.3 is 18.1 Å². The fraction of sp³-hybridized carbons (Fsp3) is 1.00. The Labute approximate surface area is 158 Å². The molecule has 2 rings (SSSR count). The van der Waals surface area contributed by atoms with E-state index in [0.717, 1.165) is 0 Å². The van der Waals surface area contributed by atoms with Gasteiger partial charge in [-0.2, -0.15) is 16.8 Å². The van der Waals surface area contributed by atoms with E-state index in [-0.39, 0.29) is 26.4 Å². The summed E-state index contributed by atoms with van der Waals surface area (Å²) in [5, 5.41) is 0. The molecule has 0 bridgehead atoms. The van der Waals surface area contributed by atoms with Crippen molar-refractivity contribution in [2.24, 2.45) is 0 Å². The van der Waals surface area contributed by atoms with E-state index in [1.165, 1.54) is 13.8 Å². The van der Waals surface area contributed by atoms with Crippen LogP contribution in [-0.4, -0.2) is 72.9 Å². The zero-order valence-electron chi connectivity index (χ0n) is 14.7. The Morgan fingerprint density at radius 1 is 0.815 bits per heavy atom. The summed E-state index contributed by atoms with van der Waals surface area (Å²) in [6, 6.07) is 0. The van der Waals surface area contributed by atoms with E-state index in [1.807, 2.05) is 0 Å². The van der Waals surface area contributed by atoms with Crippen LogP contribution in [0.3, 0.4) is 0 Å². The summed E-state index contributed by atoms with van der Waals surface area (Å²) >= 11 is 0. The van der Waals surface area contributed by atoms with Crippen molar-refractivity contribution in [2.45, 2.75) is 26.1 Å². The van der Waals surface area contributed by atoms with Gasteiger partial charge >= 0.3 is 15.2 Å². The van der Waals surface area contributed by atoms with Crippen molar-refractivity contribution in [1.82, 2.24) is 0 Å². The third kappa shape index (κ3) is 7.14. The lowest BCUT2D eigenvalue weighted by atomic mass is 10.5. The summed E-state index contributed by atoms with van der Waals surface area (Å²) in [7, 11) is -15.8. The molecule has 2 fully saturated rings. The Balaban J connectivity index is 2.13. The Bertz CT molecular complexity index is 754. The Morgan fingerprint density at radius 3 is 1.44 bits per heavy atom. The zero-order valence-corrected chi connectivity index (χ0v) is 18.1. The average Bonchev–Trinajstić information content (AvgIpc) is 2.99. The molecule has 0 aromatic rings.